The number of methoxy groups -OCH3 is 1. The zero-order valence-electron chi connectivity index (χ0n) is 7.46. The third-order valence-corrected chi connectivity index (χ3v) is 2.35. The van der Waals surface area contributed by atoms with Gasteiger partial charge in [0.25, 0.3) is 0 Å². The standard InChI is InChI=1S/C9H9Cl2NO.ClH/c1-13-8(5-12)9-6(10)3-2-4-7(9)11;/h2-5,8,12H,1H3;1H. The molecule has 0 aliphatic carbocycles. The van der Waals surface area contributed by atoms with Gasteiger partial charge < -0.3 is 10.1 Å². The molecule has 0 saturated carbocycles. The van der Waals surface area contributed by atoms with Crippen LogP contribution in [0.3, 0.4) is 0 Å². The molecule has 1 aromatic carbocycles. The van der Waals surface area contributed by atoms with Crippen LogP contribution in [0, 0.1) is 5.41 Å². The third kappa shape index (κ3) is 2.85. The lowest BCUT2D eigenvalue weighted by atomic mass is 10.1. The number of benzene rings is 1. The van der Waals surface area contributed by atoms with Gasteiger partial charge in [0.2, 0.25) is 0 Å². The predicted octanol–water partition coefficient (Wildman–Crippen LogP) is 3.75. The van der Waals surface area contributed by atoms with Crippen LogP contribution in [0.1, 0.15) is 11.7 Å². The van der Waals surface area contributed by atoms with E-state index in [2.05, 4.69) is 0 Å². The van der Waals surface area contributed by atoms with Crippen molar-refractivity contribution in [2.45, 2.75) is 6.10 Å². The van der Waals surface area contributed by atoms with E-state index < -0.39 is 6.10 Å². The Bertz CT molecular complexity index is 297. The lowest BCUT2D eigenvalue weighted by Crippen LogP contribution is -2.03. The van der Waals surface area contributed by atoms with Crippen molar-refractivity contribution in [1.29, 1.82) is 5.41 Å². The van der Waals surface area contributed by atoms with E-state index in [1.807, 2.05) is 0 Å². The molecule has 78 valence electrons. The fraction of sp³-hybridized carbons (Fsp3) is 0.222. The largest absolute Gasteiger partial charge is 0.371 e. The summed E-state index contributed by atoms with van der Waals surface area (Å²) >= 11 is 11.8. The summed E-state index contributed by atoms with van der Waals surface area (Å²) in [5.41, 5.74) is 0.642. The Labute approximate surface area is 99.1 Å². The van der Waals surface area contributed by atoms with Gasteiger partial charge in [-0.05, 0) is 12.1 Å². The molecule has 0 radical (unpaired) electrons. The van der Waals surface area contributed by atoms with E-state index in [1.165, 1.54) is 7.11 Å². The van der Waals surface area contributed by atoms with Gasteiger partial charge in [-0.15, -0.1) is 12.4 Å². The van der Waals surface area contributed by atoms with Crippen LogP contribution < -0.4 is 0 Å². The molecule has 0 spiro atoms. The zero-order valence-corrected chi connectivity index (χ0v) is 9.79. The van der Waals surface area contributed by atoms with Crippen molar-refractivity contribution in [2.75, 3.05) is 7.11 Å². The van der Waals surface area contributed by atoms with E-state index in [0.29, 0.717) is 15.6 Å². The molecule has 0 aliphatic rings. The van der Waals surface area contributed by atoms with E-state index in [4.69, 9.17) is 33.3 Å². The second kappa shape index (κ2) is 6.25. The Hall–Kier alpha value is -0.280. The summed E-state index contributed by atoms with van der Waals surface area (Å²) in [6.45, 7) is 0. The first-order valence-corrected chi connectivity index (χ1v) is 4.43. The molecule has 0 fully saturated rings. The normalized spacial score (nSPS) is 11.6. The van der Waals surface area contributed by atoms with Crippen LogP contribution in [0.15, 0.2) is 18.2 Å². The molecule has 0 bridgehead atoms. The summed E-state index contributed by atoms with van der Waals surface area (Å²) in [5, 5.41) is 8.16. The molecule has 1 N–H and O–H groups in total. The highest BCUT2D eigenvalue weighted by Gasteiger charge is 2.14. The first-order valence-electron chi connectivity index (χ1n) is 3.68. The number of halogens is 3. The Balaban J connectivity index is 0.00000169. The lowest BCUT2D eigenvalue weighted by molar-refractivity contribution is 0.161. The minimum atomic E-state index is -0.471. The molecule has 1 aromatic rings. The number of hydrogen-bond acceptors (Lipinski definition) is 2. The van der Waals surface area contributed by atoms with Gasteiger partial charge in [-0.1, -0.05) is 29.3 Å². The highest BCUT2D eigenvalue weighted by Crippen LogP contribution is 2.30. The molecule has 1 atom stereocenters. The van der Waals surface area contributed by atoms with Gasteiger partial charge in [-0.25, -0.2) is 0 Å². The molecular weight excluding hydrogens is 244 g/mol. The van der Waals surface area contributed by atoms with Crippen LogP contribution in [0.5, 0.6) is 0 Å². The molecule has 5 heteroatoms. The molecule has 0 aromatic heterocycles. The molecular formula is C9H10Cl3NO. The van der Waals surface area contributed by atoms with Gasteiger partial charge in [0.05, 0.1) is 0 Å². The highest BCUT2D eigenvalue weighted by atomic mass is 35.5. The van der Waals surface area contributed by atoms with Crippen molar-refractivity contribution >= 4 is 41.8 Å². The quantitative estimate of drug-likeness (QED) is 0.819. The molecule has 0 amide bonds. The van der Waals surface area contributed by atoms with Gasteiger partial charge in [-0.3, -0.25) is 0 Å². The van der Waals surface area contributed by atoms with Crippen molar-refractivity contribution in [3.05, 3.63) is 33.8 Å². The van der Waals surface area contributed by atoms with Gasteiger partial charge in [-0.2, -0.15) is 0 Å². The number of rotatable bonds is 3. The SMILES string of the molecule is COC(C=N)c1c(Cl)cccc1Cl.Cl. The molecule has 14 heavy (non-hydrogen) atoms. The van der Waals surface area contributed by atoms with E-state index >= 15 is 0 Å². The molecule has 0 saturated heterocycles. The van der Waals surface area contributed by atoms with E-state index in [1.54, 1.807) is 18.2 Å². The zero-order chi connectivity index (χ0) is 9.84. The third-order valence-electron chi connectivity index (χ3n) is 1.69. The highest BCUT2D eigenvalue weighted by molar-refractivity contribution is 6.36. The van der Waals surface area contributed by atoms with Crippen LogP contribution in [-0.2, 0) is 4.74 Å². The van der Waals surface area contributed by atoms with Gasteiger partial charge in [0.15, 0.2) is 0 Å². The molecule has 0 aliphatic heterocycles. The molecule has 1 unspecified atom stereocenters. The summed E-state index contributed by atoms with van der Waals surface area (Å²) in [7, 11) is 1.51. The number of nitrogens with one attached hydrogen (secondary N) is 1. The van der Waals surface area contributed by atoms with E-state index in [0.717, 1.165) is 6.21 Å². The Morgan fingerprint density at radius 1 is 1.36 bits per heavy atom. The Kier molecular flexibility index (Phi) is 6.12. The maximum absolute atomic E-state index is 7.12. The molecule has 2 nitrogen and oxygen atoms in total. The van der Waals surface area contributed by atoms with Crippen LogP contribution in [0.2, 0.25) is 10.0 Å². The van der Waals surface area contributed by atoms with Gasteiger partial charge in [0, 0.05) is 28.9 Å². The smallest absolute Gasteiger partial charge is 0.119 e. The maximum atomic E-state index is 7.12. The molecule has 0 heterocycles. The second-order valence-electron chi connectivity index (χ2n) is 2.46. The maximum Gasteiger partial charge on any atom is 0.119 e. The van der Waals surface area contributed by atoms with E-state index in [-0.39, 0.29) is 12.4 Å². The Morgan fingerprint density at radius 2 is 1.86 bits per heavy atom. The second-order valence-corrected chi connectivity index (χ2v) is 3.27. The number of hydrogen-bond donors (Lipinski definition) is 1. The first-order chi connectivity index (χ1) is 6.20. The average Bonchev–Trinajstić information content (AvgIpc) is 2.11. The number of ether oxygens (including phenoxy) is 1. The van der Waals surface area contributed by atoms with Gasteiger partial charge in [0.1, 0.15) is 6.10 Å². The summed E-state index contributed by atoms with van der Waals surface area (Å²) in [6.07, 6.45) is 0.689. The van der Waals surface area contributed by atoms with Crippen LogP contribution in [-0.4, -0.2) is 13.3 Å². The lowest BCUT2D eigenvalue weighted by Gasteiger charge is -2.13. The van der Waals surface area contributed by atoms with Crippen LogP contribution >= 0.6 is 35.6 Å². The minimum absolute atomic E-state index is 0. The van der Waals surface area contributed by atoms with E-state index in [9.17, 15) is 0 Å². The summed E-state index contributed by atoms with van der Waals surface area (Å²) in [4.78, 5) is 0. The average molecular weight is 255 g/mol. The predicted molar refractivity (Wildman–Crippen MR) is 62.2 cm³/mol. The monoisotopic (exact) mass is 253 g/mol. The van der Waals surface area contributed by atoms with Crippen molar-refractivity contribution in [3.8, 4) is 0 Å². The van der Waals surface area contributed by atoms with Crippen molar-refractivity contribution in [3.63, 3.8) is 0 Å². The van der Waals surface area contributed by atoms with Crippen molar-refractivity contribution in [1.82, 2.24) is 0 Å². The minimum Gasteiger partial charge on any atom is -0.371 e. The first kappa shape index (κ1) is 13.7. The topological polar surface area (TPSA) is 33.1 Å². The summed E-state index contributed by atoms with van der Waals surface area (Å²) < 4.78 is 5.04. The van der Waals surface area contributed by atoms with Crippen molar-refractivity contribution in [2.24, 2.45) is 0 Å². The van der Waals surface area contributed by atoms with Crippen LogP contribution in [0.25, 0.3) is 0 Å². The van der Waals surface area contributed by atoms with Gasteiger partial charge >= 0.3 is 0 Å². The fourth-order valence-electron chi connectivity index (χ4n) is 1.05. The fourth-order valence-corrected chi connectivity index (χ4v) is 1.66. The molecule has 1 rings (SSSR count). The van der Waals surface area contributed by atoms with Crippen molar-refractivity contribution < 1.29 is 4.74 Å². The van der Waals surface area contributed by atoms with Crippen LogP contribution in [0.4, 0.5) is 0 Å². The summed E-state index contributed by atoms with van der Waals surface area (Å²) in [6, 6.07) is 5.20. The Morgan fingerprint density at radius 3 is 2.21 bits per heavy atom. The summed E-state index contributed by atoms with van der Waals surface area (Å²) in [5.74, 6) is 0.